The van der Waals surface area contributed by atoms with Gasteiger partial charge in [-0.2, -0.15) is 0 Å². The zero-order valence-corrected chi connectivity index (χ0v) is 12.8. The highest BCUT2D eigenvalue weighted by molar-refractivity contribution is 9.11. The monoisotopic (exact) mass is 372 g/mol. The molecule has 0 aliphatic heterocycles. The van der Waals surface area contributed by atoms with Gasteiger partial charge in [-0.15, -0.1) is 0 Å². The summed E-state index contributed by atoms with van der Waals surface area (Å²) in [7, 11) is 0. The number of hydrogen-bond donors (Lipinski definition) is 2. The van der Waals surface area contributed by atoms with Gasteiger partial charge in [-0.3, -0.25) is 0 Å². The average molecular weight is 374 g/mol. The third-order valence-electron chi connectivity index (χ3n) is 2.55. The number of rotatable bonds is 2. The lowest BCUT2D eigenvalue weighted by atomic mass is 10.2. The number of halogens is 3. The van der Waals surface area contributed by atoms with Crippen LogP contribution in [0, 0.1) is 12.7 Å². The van der Waals surface area contributed by atoms with Crippen LogP contribution in [0.1, 0.15) is 5.56 Å². The zero-order chi connectivity index (χ0) is 13.3. The molecule has 3 N–H and O–H groups in total. The van der Waals surface area contributed by atoms with Gasteiger partial charge in [0.25, 0.3) is 0 Å². The summed E-state index contributed by atoms with van der Waals surface area (Å²) >= 11 is 6.59. The van der Waals surface area contributed by atoms with E-state index in [1.165, 1.54) is 6.07 Å². The summed E-state index contributed by atoms with van der Waals surface area (Å²) in [6, 6.07) is 8.72. The van der Waals surface area contributed by atoms with Gasteiger partial charge in [-0.05, 0) is 56.5 Å². The predicted octanol–water partition coefficient (Wildman–Crippen LogP) is 4.98. The number of anilines is 3. The molecule has 0 unspecified atom stereocenters. The van der Waals surface area contributed by atoms with Crippen molar-refractivity contribution in [3.05, 3.63) is 50.7 Å². The fourth-order valence-electron chi connectivity index (χ4n) is 1.56. The second-order valence-electron chi connectivity index (χ2n) is 3.92. The molecule has 94 valence electrons. The number of aryl methyl sites for hydroxylation is 1. The molecular formula is C13H11Br2FN2. The lowest BCUT2D eigenvalue weighted by molar-refractivity contribution is 0.622. The van der Waals surface area contributed by atoms with E-state index in [2.05, 4.69) is 37.2 Å². The van der Waals surface area contributed by atoms with Crippen LogP contribution < -0.4 is 11.1 Å². The quantitative estimate of drug-likeness (QED) is 0.728. The molecule has 0 aliphatic carbocycles. The molecule has 0 fully saturated rings. The van der Waals surface area contributed by atoms with Crippen LogP contribution in [0.5, 0.6) is 0 Å². The first-order valence-corrected chi connectivity index (χ1v) is 6.84. The van der Waals surface area contributed by atoms with Crippen molar-refractivity contribution in [3.63, 3.8) is 0 Å². The van der Waals surface area contributed by atoms with Crippen molar-refractivity contribution in [3.8, 4) is 0 Å². The Hall–Kier alpha value is -1.07. The highest BCUT2D eigenvalue weighted by atomic mass is 79.9. The first-order valence-electron chi connectivity index (χ1n) is 5.25. The summed E-state index contributed by atoms with van der Waals surface area (Å²) < 4.78 is 14.8. The summed E-state index contributed by atoms with van der Waals surface area (Å²) in [5.74, 6) is -0.351. The van der Waals surface area contributed by atoms with E-state index >= 15 is 0 Å². The van der Waals surface area contributed by atoms with Gasteiger partial charge in [0, 0.05) is 10.5 Å². The molecule has 0 spiro atoms. The van der Waals surface area contributed by atoms with Gasteiger partial charge in [0.1, 0.15) is 5.82 Å². The van der Waals surface area contributed by atoms with E-state index in [1.807, 2.05) is 25.1 Å². The summed E-state index contributed by atoms with van der Waals surface area (Å²) in [6.07, 6.45) is 0. The largest absolute Gasteiger partial charge is 0.397 e. The number of nitrogens with one attached hydrogen (secondary N) is 1. The summed E-state index contributed by atoms with van der Waals surface area (Å²) in [4.78, 5) is 0. The molecule has 0 saturated carbocycles. The first-order chi connectivity index (χ1) is 8.49. The minimum absolute atomic E-state index is 0.351. The van der Waals surface area contributed by atoms with Crippen molar-refractivity contribution in [2.75, 3.05) is 11.1 Å². The highest BCUT2D eigenvalue weighted by Gasteiger charge is 2.08. The van der Waals surface area contributed by atoms with Crippen LogP contribution in [-0.4, -0.2) is 0 Å². The minimum Gasteiger partial charge on any atom is -0.397 e. The molecule has 0 atom stereocenters. The van der Waals surface area contributed by atoms with Crippen molar-refractivity contribution in [2.45, 2.75) is 6.92 Å². The Bertz CT molecular complexity index is 600. The molecule has 2 aromatic rings. The molecule has 5 heteroatoms. The lowest BCUT2D eigenvalue weighted by Crippen LogP contribution is -1.99. The maximum atomic E-state index is 13.5. The summed E-state index contributed by atoms with van der Waals surface area (Å²) in [5.41, 5.74) is 8.82. The highest BCUT2D eigenvalue weighted by Crippen LogP contribution is 2.33. The van der Waals surface area contributed by atoms with E-state index < -0.39 is 0 Å². The predicted molar refractivity (Wildman–Crippen MR) is 80.7 cm³/mol. The average Bonchev–Trinajstić information content (AvgIpc) is 2.32. The minimum atomic E-state index is -0.351. The van der Waals surface area contributed by atoms with E-state index in [-0.39, 0.29) is 5.82 Å². The van der Waals surface area contributed by atoms with Crippen LogP contribution in [0.4, 0.5) is 21.5 Å². The van der Waals surface area contributed by atoms with Gasteiger partial charge in [-0.25, -0.2) is 4.39 Å². The van der Waals surface area contributed by atoms with Gasteiger partial charge in [0.2, 0.25) is 0 Å². The fourth-order valence-corrected chi connectivity index (χ4v) is 2.28. The molecule has 0 radical (unpaired) electrons. The van der Waals surface area contributed by atoms with E-state index in [1.54, 1.807) is 6.07 Å². The molecule has 0 aromatic heterocycles. The standard InChI is InChI=1S/C13H11Br2FN2/c1-7-3-2-4-11(13(7)15)18-12-6-9(16)8(14)5-10(12)17/h2-6,18H,17H2,1H3. The number of nitrogens with two attached hydrogens (primary N) is 1. The van der Waals surface area contributed by atoms with Gasteiger partial charge in [0.15, 0.2) is 0 Å². The van der Waals surface area contributed by atoms with Crippen molar-refractivity contribution in [1.29, 1.82) is 0 Å². The summed E-state index contributed by atoms with van der Waals surface area (Å²) in [6.45, 7) is 1.99. The molecule has 2 rings (SSSR count). The molecule has 0 bridgehead atoms. The van der Waals surface area contributed by atoms with Crippen molar-refractivity contribution in [1.82, 2.24) is 0 Å². The Morgan fingerprint density at radius 3 is 2.61 bits per heavy atom. The van der Waals surface area contributed by atoms with E-state index in [4.69, 9.17) is 5.73 Å². The smallest absolute Gasteiger partial charge is 0.139 e. The summed E-state index contributed by atoms with van der Waals surface area (Å²) in [5, 5.41) is 3.12. The van der Waals surface area contributed by atoms with E-state index in [0.717, 1.165) is 15.7 Å². The molecule has 0 aliphatic rings. The molecule has 0 saturated heterocycles. The van der Waals surface area contributed by atoms with Gasteiger partial charge in [-0.1, -0.05) is 12.1 Å². The van der Waals surface area contributed by atoms with Crippen LogP contribution in [0.2, 0.25) is 0 Å². The van der Waals surface area contributed by atoms with Crippen molar-refractivity contribution in [2.24, 2.45) is 0 Å². The first kappa shape index (κ1) is 13.4. The van der Waals surface area contributed by atoms with E-state index in [9.17, 15) is 4.39 Å². The Kier molecular flexibility index (Phi) is 3.92. The fraction of sp³-hybridized carbons (Fsp3) is 0.0769. The molecule has 2 aromatic carbocycles. The van der Waals surface area contributed by atoms with Crippen molar-refractivity contribution < 1.29 is 4.39 Å². The number of benzene rings is 2. The Morgan fingerprint density at radius 1 is 1.17 bits per heavy atom. The molecular weight excluding hydrogens is 363 g/mol. The van der Waals surface area contributed by atoms with E-state index in [0.29, 0.717) is 15.8 Å². The van der Waals surface area contributed by atoms with Gasteiger partial charge in [0.05, 0.1) is 21.5 Å². The van der Waals surface area contributed by atoms with Gasteiger partial charge >= 0.3 is 0 Å². The third-order valence-corrected chi connectivity index (χ3v) is 4.21. The molecule has 0 heterocycles. The normalized spacial score (nSPS) is 10.4. The van der Waals surface area contributed by atoms with Crippen LogP contribution in [0.25, 0.3) is 0 Å². The molecule has 2 nitrogen and oxygen atoms in total. The SMILES string of the molecule is Cc1cccc(Nc2cc(F)c(Br)cc2N)c1Br. The van der Waals surface area contributed by atoms with Crippen LogP contribution in [-0.2, 0) is 0 Å². The lowest BCUT2D eigenvalue weighted by Gasteiger charge is -2.13. The molecule has 0 amide bonds. The maximum Gasteiger partial charge on any atom is 0.139 e. The van der Waals surface area contributed by atoms with Gasteiger partial charge < -0.3 is 11.1 Å². The number of nitrogen functional groups attached to an aromatic ring is 1. The molecule has 18 heavy (non-hydrogen) atoms. The third kappa shape index (κ3) is 2.67. The zero-order valence-electron chi connectivity index (χ0n) is 9.60. The van der Waals surface area contributed by atoms with Crippen LogP contribution in [0.15, 0.2) is 39.3 Å². The van der Waals surface area contributed by atoms with Crippen LogP contribution in [0.3, 0.4) is 0 Å². The Morgan fingerprint density at radius 2 is 1.89 bits per heavy atom. The Balaban J connectivity index is 2.40. The Labute approximate surface area is 122 Å². The maximum absolute atomic E-state index is 13.5. The second-order valence-corrected chi connectivity index (χ2v) is 5.56. The second kappa shape index (κ2) is 5.28. The number of hydrogen-bond acceptors (Lipinski definition) is 2. The topological polar surface area (TPSA) is 38.0 Å². The van der Waals surface area contributed by atoms with Crippen LogP contribution >= 0.6 is 31.9 Å². The van der Waals surface area contributed by atoms with Crippen molar-refractivity contribution >= 4 is 48.9 Å².